The van der Waals surface area contributed by atoms with Crippen molar-refractivity contribution in [2.75, 3.05) is 13.2 Å². The Kier molecular flexibility index (Phi) is 6.17. The molecule has 2 aliphatic carbocycles. The van der Waals surface area contributed by atoms with Crippen molar-refractivity contribution in [3.63, 3.8) is 0 Å². The van der Waals surface area contributed by atoms with Crippen LogP contribution in [0.1, 0.15) is 55.4 Å². The molecule has 0 N–H and O–H groups in total. The second kappa shape index (κ2) is 9.69. The number of fused-ring (bicyclic) bond motifs is 6. The molecule has 0 aliphatic heterocycles. The molecule has 0 spiro atoms. The molecule has 0 saturated carbocycles. The summed E-state index contributed by atoms with van der Waals surface area (Å²) in [5.41, 5.74) is 4.73. The number of hydrogen-bond acceptors (Lipinski definition) is 8. The Morgan fingerprint density at radius 2 is 0.897 bits per heavy atom. The molecule has 39 heavy (non-hydrogen) atoms. The number of aromatic nitrogens is 4. The molecule has 6 rings (SSSR count). The number of carbonyl (C=O) groups excluding carboxylic acids is 2. The predicted octanol–water partition coefficient (Wildman–Crippen LogP) is 4.80. The lowest BCUT2D eigenvalue weighted by Crippen LogP contribution is -2.41. The number of carbonyl (C=O) groups is 2. The number of nitrogens with zero attached hydrogens (tertiary/aromatic N) is 4. The van der Waals surface area contributed by atoms with Gasteiger partial charge in [0, 0.05) is 35.6 Å². The highest BCUT2D eigenvalue weighted by Gasteiger charge is 2.56. The summed E-state index contributed by atoms with van der Waals surface area (Å²) in [6.45, 7) is 4.13. The van der Waals surface area contributed by atoms with Gasteiger partial charge in [0.15, 0.2) is 0 Å². The van der Waals surface area contributed by atoms with Gasteiger partial charge < -0.3 is 9.47 Å². The zero-order valence-electron chi connectivity index (χ0n) is 21.9. The lowest BCUT2D eigenvalue weighted by Gasteiger charge is -2.41. The normalized spacial score (nSPS) is 15.0. The number of ether oxygens (including phenoxy) is 2. The summed E-state index contributed by atoms with van der Waals surface area (Å²) in [7, 11) is 0. The summed E-state index contributed by atoms with van der Waals surface area (Å²) < 4.78 is 11.0. The zero-order chi connectivity index (χ0) is 27.0. The molecular formula is C31H28N4O4. The summed E-state index contributed by atoms with van der Waals surface area (Å²) in [4.78, 5) is 45.5. The third-order valence-electron chi connectivity index (χ3n) is 7.85. The fourth-order valence-corrected chi connectivity index (χ4v) is 6.53. The molecule has 0 amide bonds. The second-order valence-corrected chi connectivity index (χ2v) is 9.90. The van der Waals surface area contributed by atoms with Gasteiger partial charge in [0.1, 0.15) is 0 Å². The highest BCUT2D eigenvalue weighted by molar-refractivity contribution is 5.84. The molecule has 196 valence electrons. The lowest BCUT2D eigenvalue weighted by molar-refractivity contribution is -0.144. The van der Waals surface area contributed by atoms with Gasteiger partial charge in [-0.2, -0.15) is 0 Å². The minimum atomic E-state index is -0.878. The molecule has 4 heterocycles. The zero-order valence-corrected chi connectivity index (χ0v) is 21.9. The highest BCUT2D eigenvalue weighted by atomic mass is 16.5. The van der Waals surface area contributed by atoms with Crippen LogP contribution in [0.15, 0.2) is 73.3 Å². The van der Waals surface area contributed by atoms with Crippen LogP contribution >= 0.6 is 0 Å². The summed E-state index contributed by atoms with van der Waals surface area (Å²) in [5.74, 6) is -0.655. The summed E-state index contributed by atoms with van der Waals surface area (Å²) >= 11 is 0. The minimum absolute atomic E-state index is 0.0635. The van der Waals surface area contributed by atoms with Crippen molar-refractivity contribution >= 4 is 11.9 Å². The monoisotopic (exact) mass is 520 g/mol. The van der Waals surface area contributed by atoms with E-state index >= 15 is 0 Å². The largest absolute Gasteiger partial charge is 0.466 e. The van der Waals surface area contributed by atoms with Crippen molar-refractivity contribution < 1.29 is 19.1 Å². The molecular weight excluding hydrogens is 492 g/mol. The van der Waals surface area contributed by atoms with Crippen LogP contribution in [0, 0.1) is 0 Å². The third kappa shape index (κ3) is 3.81. The summed E-state index contributed by atoms with van der Waals surface area (Å²) in [6.07, 6.45) is 7.44. The molecule has 0 atom stereocenters. The summed E-state index contributed by atoms with van der Waals surface area (Å²) in [5, 5.41) is 0. The van der Waals surface area contributed by atoms with Crippen molar-refractivity contribution in [1.29, 1.82) is 0 Å². The van der Waals surface area contributed by atoms with Gasteiger partial charge in [0.05, 0.1) is 48.8 Å². The molecule has 8 nitrogen and oxygen atoms in total. The average molecular weight is 521 g/mol. The molecule has 0 unspecified atom stereocenters. The molecule has 4 aromatic rings. The maximum Gasteiger partial charge on any atom is 0.307 e. The van der Waals surface area contributed by atoms with E-state index < -0.39 is 10.8 Å². The fourth-order valence-electron chi connectivity index (χ4n) is 6.53. The Morgan fingerprint density at radius 3 is 1.18 bits per heavy atom. The van der Waals surface area contributed by atoms with Crippen LogP contribution < -0.4 is 0 Å². The van der Waals surface area contributed by atoms with Crippen molar-refractivity contribution in [3.05, 3.63) is 95.6 Å². The number of pyridine rings is 4. The molecule has 2 aliphatic rings. The van der Waals surface area contributed by atoms with E-state index in [1.807, 2.05) is 48.5 Å². The Morgan fingerprint density at radius 1 is 0.590 bits per heavy atom. The van der Waals surface area contributed by atoms with E-state index in [0.29, 0.717) is 6.42 Å². The Labute approximate surface area is 226 Å². The Balaban J connectivity index is 1.64. The topological polar surface area (TPSA) is 104 Å². The van der Waals surface area contributed by atoms with E-state index in [9.17, 15) is 9.59 Å². The van der Waals surface area contributed by atoms with Crippen LogP contribution in [0.2, 0.25) is 0 Å². The second-order valence-electron chi connectivity index (χ2n) is 9.90. The Hall–Kier alpha value is -4.46. The lowest BCUT2D eigenvalue weighted by atomic mass is 9.60. The van der Waals surface area contributed by atoms with Gasteiger partial charge in [-0.05, 0) is 66.8 Å². The van der Waals surface area contributed by atoms with Gasteiger partial charge in [0.25, 0.3) is 0 Å². The molecule has 0 fully saturated rings. The van der Waals surface area contributed by atoms with Crippen LogP contribution in [-0.4, -0.2) is 45.1 Å². The van der Waals surface area contributed by atoms with E-state index in [1.54, 1.807) is 38.6 Å². The maximum absolute atomic E-state index is 13.3. The number of rotatable bonds is 8. The molecule has 0 radical (unpaired) electrons. The van der Waals surface area contributed by atoms with Gasteiger partial charge in [-0.25, -0.2) is 0 Å². The van der Waals surface area contributed by atoms with Crippen LogP contribution in [0.3, 0.4) is 0 Å². The average Bonchev–Trinajstić information content (AvgIpc) is 3.37. The van der Waals surface area contributed by atoms with E-state index in [0.717, 1.165) is 45.0 Å². The van der Waals surface area contributed by atoms with Crippen molar-refractivity contribution in [2.45, 2.75) is 43.9 Å². The van der Waals surface area contributed by atoms with E-state index in [4.69, 9.17) is 29.4 Å². The van der Waals surface area contributed by atoms with E-state index in [2.05, 4.69) is 0 Å². The smallest absolute Gasteiger partial charge is 0.307 e. The first-order valence-electron chi connectivity index (χ1n) is 13.2. The number of hydrogen-bond donors (Lipinski definition) is 0. The predicted molar refractivity (Wildman–Crippen MR) is 144 cm³/mol. The highest BCUT2D eigenvalue weighted by Crippen LogP contribution is 2.60. The SMILES string of the molecule is CCOC(=O)CC1(CC2(CC(=O)OCC)c3cccnc3-c3ncccc32)c2cccnc2-c2ncccc21. The van der Waals surface area contributed by atoms with Gasteiger partial charge in [-0.1, -0.05) is 24.3 Å². The quantitative estimate of drug-likeness (QED) is 0.305. The molecule has 0 saturated heterocycles. The minimum Gasteiger partial charge on any atom is -0.466 e. The first-order valence-corrected chi connectivity index (χ1v) is 13.2. The molecule has 0 bridgehead atoms. The first kappa shape index (κ1) is 24.9. The fraction of sp³-hybridized carbons (Fsp3) is 0.290. The molecule has 0 aromatic carbocycles. The van der Waals surface area contributed by atoms with Crippen molar-refractivity contribution in [2.24, 2.45) is 0 Å². The van der Waals surface area contributed by atoms with Crippen LogP contribution in [-0.2, 0) is 29.9 Å². The van der Waals surface area contributed by atoms with Crippen LogP contribution in [0.4, 0.5) is 0 Å². The van der Waals surface area contributed by atoms with Crippen molar-refractivity contribution in [1.82, 2.24) is 19.9 Å². The van der Waals surface area contributed by atoms with Crippen LogP contribution in [0.25, 0.3) is 22.8 Å². The van der Waals surface area contributed by atoms with Gasteiger partial charge in [0.2, 0.25) is 0 Å². The van der Waals surface area contributed by atoms with Gasteiger partial charge >= 0.3 is 11.9 Å². The molecule has 4 aromatic heterocycles. The van der Waals surface area contributed by atoms with Crippen molar-refractivity contribution in [3.8, 4) is 22.8 Å². The standard InChI is InChI=1S/C31H28N4O4/c1-3-38-24(36)17-30(20-9-5-13-32-26(20)27-21(30)10-6-14-33-27)19-31(18-25(37)39-4-2)22-11-7-15-34-28(22)29-23(31)12-8-16-35-29/h5-16H,3-4,17-19H2,1-2H3. The summed E-state index contributed by atoms with van der Waals surface area (Å²) in [6, 6.07) is 15.5. The van der Waals surface area contributed by atoms with Gasteiger partial charge in [-0.3, -0.25) is 29.5 Å². The van der Waals surface area contributed by atoms with E-state index in [1.165, 1.54) is 0 Å². The van der Waals surface area contributed by atoms with Crippen LogP contribution in [0.5, 0.6) is 0 Å². The third-order valence-corrected chi connectivity index (χ3v) is 7.85. The maximum atomic E-state index is 13.3. The van der Waals surface area contributed by atoms with E-state index in [-0.39, 0.29) is 38.0 Å². The first-order chi connectivity index (χ1) is 19.0. The number of esters is 2. The van der Waals surface area contributed by atoms with Gasteiger partial charge in [-0.15, -0.1) is 0 Å². The molecule has 8 heteroatoms. The Bertz CT molecular complexity index is 1380.